The van der Waals surface area contributed by atoms with Crippen molar-refractivity contribution in [3.8, 4) is 0 Å². The van der Waals surface area contributed by atoms with Crippen LogP contribution in [0.1, 0.15) is 60.9 Å². The van der Waals surface area contributed by atoms with E-state index in [1.807, 2.05) is 72.8 Å². The molecule has 19 heteroatoms. The number of hydrogen-bond donors (Lipinski definition) is 3. The van der Waals surface area contributed by atoms with E-state index in [1.165, 1.54) is 28.1 Å². The van der Waals surface area contributed by atoms with E-state index in [0.29, 0.717) is 16.7 Å². The number of thiazole rings is 1. The van der Waals surface area contributed by atoms with Crippen LogP contribution in [0.4, 0.5) is 9.93 Å². The van der Waals surface area contributed by atoms with Crippen LogP contribution < -0.4 is 16.4 Å². The highest BCUT2D eigenvalue weighted by atomic mass is 32.2. The highest BCUT2D eigenvalue weighted by Crippen LogP contribution is 2.42. The third-order valence-electron chi connectivity index (χ3n) is 10.3. The van der Waals surface area contributed by atoms with Gasteiger partial charge in [0.1, 0.15) is 35.0 Å². The number of carbonyl (C=O) groups excluding carboxylic acids is 6. The SMILES string of the molecule is C=CC1=C(C(=O)OC(c2ccccc2)c2ccccc2)N2C(=O)C(NC(=O)/C(=N/OCC(=O)OCC(NC(=O)OC(C)(C)C)C(=O)OC(c3ccccc3)c3ccccc3)c3csc(N)n3)[C@H]2SC1. The van der Waals surface area contributed by atoms with Gasteiger partial charge in [0, 0.05) is 11.1 Å². The molecular formula is C50H48N6O11S2. The Balaban J connectivity index is 1.02. The highest BCUT2D eigenvalue weighted by Gasteiger charge is 2.55. The number of benzene rings is 4. The summed E-state index contributed by atoms with van der Waals surface area (Å²) < 4.78 is 22.8. The lowest BCUT2D eigenvalue weighted by molar-refractivity contribution is -0.157. The Morgan fingerprint density at radius 2 is 1.39 bits per heavy atom. The molecule has 1 fully saturated rings. The summed E-state index contributed by atoms with van der Waals surface area (Å²) in [5, 5.41) is 9.77. The molecule has 0 saturated carbocycles. The number of nitrogens with one attached hydrogen (secondary N) is 2. The maximum atomic E-state index is 14.1. The molecule has 4 aromatic carbocycles. The monoisotopic (exact) mass is 972 g/mol. The molecule has 0 spiro atoms. The van der Waals surface area contributed by atoms with Gasteiger partial charge in [-0.15, -0.1) is 23.1 Å². The lowest BCUT2D eigenvalue weighted by atomic mass is 10.0. The number of hydrogen-bond acceptors (Lipinski definition) is 16. The molecule has 0 aliphatic carbocycles. The average molecular weight is 973 g/mol. The molecule has 1 saturated heterocycles. The zero-order valence-corrected chi connectivity index (χ0v) is 39.3. The Labute approximate surface area is 405 Å². The quantitative estimate of drug-likeness (QED) is 0.0285. The highest BCUT2D eigenvalue weighted by molar-refractivity contribution is 8.00. The molecule has 2 aliphatic rings. The number of aromatic nitrogens is 1. The molecule has 7 rings (SSSR count). The predicted octanol–water partition coefficient (Wildman–Crippen LogP) is 6.39. The summed E-state index contributed by atoms with van der Waals surface area (Å²) in [5.41, 5.74) is 7.73. The number of ether oxygens (including phenoxy) is 4. The van der Waals surface area contributed by atoms with Crippen LogP contribution in [0.2, 0.25) is 0 Å². The third-order valence-corrected chi connectivity index (χ3v) is 12.3. The second kappa shape index (κ2) is 22.4. The van der Waals surface area contributed by atoms with Gasteiger partial charge >= 0.3 is 24.0 Å². The molecule has 2 unspecified atom stereocenters. The molecule has 2 aliphatic heterocycles. The minimum atomic E-state index is -1.53. The van der Waals surface area contributed by atoms with E-state index < -0.39 is 90.0 Å². The Morgan fingerprint density at radius 3 is 1.88 bits per heavy atom. The van der Waals surface area contributed by atoms with Gasteiger partial charge in [0.15, 0.2) is 29.1 Å². The van der Waals surface area contributed by atoms with Crippen LogP contribution in [0.25, 0.3) is 0 Å². The number of rotatable bonds is 18. The summed E-state index contributed by atoms with van der Waals surface area (Å²) in [6.07, 6.45) is -1.14. The van der Waals surface area contributed by atoms with Gasteiger partial charge < -0.3 is 40.2 Å². The number of fused-ring (bicyclic) bond motifs is 1. The fourth-order valence-electron chi connectivity index (χ4n) is 7.11. The molecule has 4 N–H and O–H groups in total. The summed E-state index contributed by atoms with van der Waals surface area (Å²) >= 11 is 2.30. The van der Waals surface area contributed by atoms with Crippen molar-refractivity contribution in [2.45, 2.75) is 56.0 Å². The standard InChI is InChI=1S/C50H48N6O11S2/c1-5-30-28-68-45-39(44(59)56(45)40(30)47(61)66-42(33-22-14-8-15-23-33)34-24-16-9-17-25-34)54-43(58)38(36-29-69-48(51)52-36)55-64-27-37(57)63-26-35(53-49(62)67-50(2,3)4)46(60)65-41(31-18-10-6-11-19-31)32-20-12-7-13-21-32/h5-25,29,35,39,41-42,45H,1,26-28H2,2-4H3,(H2,51,52)(H,53,62)(H,54,58)/b55-38+/t35?,39?,45-/m1/s1. The first kappa shape index (κ1) is 49.1. The van der Waals surface area contributed by atoms with E-state index in [1.54, 1.807) is 69.3 Å². The van der Waals surface area contributed by atoms with E-state index >= 15 is 0 Å². The van der Waals surface area contributed by atoms with Gasteiger partial charge in [-0.2, -0.15) is 0 Å². The molecule has 69 heavy (non-hydrogen) atoms. The number of anilines is 1. The fraction of sp³-hybridized carbons (Fsp3) is 0.240. The van der Waals surface area contributed by atoms with Crippen LogP contribution in [0.3, 0.4) is 0 Å². The van der Waals surface area contributed by atoms with Crippen LogP contribution in [-0.4, -0.2) is 93.4 Å². The molecule has 3 atom stereocenters. The lowest BCUT2D eigenvalue weighted by Gasteiger charge is -2.49. The number of nitrogens with zero attached hydrogens (tertiary/aromatic N) is 3. The van der Waals surface area contributed by atoms with Crippen LogP contribution in [-0.2, 0) is 47.8 Å². The van der Waals surface area contributed by atoms with Gasteiger partial charge in [-0.1, -0.05) is 139 Å². The van der Waals surface area contributed by atoms with Gasteiger partial charge in [-0.05, 0) is 48.6 Å². The first-order chi connectivity index (χ1) is 33.2. The van der Waals surface area contributed by atoms with E-state index in [-0.39, 0.29) is 22.3 Å². The molecule has 0 bridgehead atoms. The summed E-state index contributed by atoms with van der Waals surface area (Å²) in [6.45, 7) is 7.21. The van der Waals surface area contributed by atoms with E-state index in [0.717, 1.165) is 22.5 Å². The van der Waals surface area contributed by atoms with Crippen molar-refractivity contribution in [1.82, 2.24) is 20.5 Å². The smallest absolute Gasteiger partial charge is 0.408 e. The van der Waals surface area contributed by atoms with Crippen molar-refractivity contribution in [2.24, 2.45) is 5.16 Å². The predicted molar refractivity (Wildman–Crippen MR) is 257 cm³/mol. The first-order valence-electron chi connectivity index (χ1n) is 21.5. The van der Waals surface area contributed by atoms with Gasteiger partial charge in [0.05, 0.1) is 0 Å². The Bertz CT molecular complexity index is 2650. The number of alkyl carbamates (subject to hydrolysis) is 1. The number of carbonyl (C=O) groups is 6. The van der Waals surface area contributed by atoms with Crippen molar-refractivity contribution in [2.75, 3.05) is 24.7 Å². The number of thioether (sulfide) groups is 1. The molecule has 5 aromatic rings. The number of esters is 3. The Morgan fingerprint density at radius 1 is 0.855 bits per heavy atom. The normalized spacial score (nSPS) is 16.1. The van der Waals surface area contributed by atoms with Gasteiger partial charge in [-0.3, -0.25) is 14.5 Å². The van der Waals surface area contributed by atoms with Gasteiger partial charge in [-0.25, -0.2) is 24.2 Å². The van der Waals surface area contributed by atoms with Gasteiger partial charge in [0.2, 0.25) is 6.61 Å². The number of oxime groups is 1. The number of nitrogens with two attached hydrogens (primary N) is 1. The minimum absolute atomic E-state index is 0.00752. The van der Waals surface area contributed by atoms with Gasteiger partial charge in [0.25, 0.3) is 11.8 Å². The summed E-state index contributed by atoms with van der Waals surface area (Å²) in [6, 6.07) is 33.6. The summed E-state index contributed by atoms with van der Waals surface area (Å²) in [4.78, 5) is 92.3. The largest absolute Gasteiger partial charge is 0.460 e. The molecule has 356 valence electrons. The van der Waals surface area contributed by atoms with Crippen molar-refractivity contribution >= 4 is 69.8 Å². The lowest BCUT2D eigenvalue weighted by Crippen LogP contribution is -2.71. The maximum absolute atomic E-state index is 14.1. The van der Waals surface area contributed by atoms with Crippen molar-refractivity contribution in [1.29, 1.82) is 0 Å². The summed E-state index contributed by atoms with van der Waals surface area (Å²) in [5.74, 6) is -3.96. The van der Waals surface area contributed by atoms with Crippen LogP contribution in [0.5, 0.6) is 0 Å². The summed E-state index contributed by atoms with van der Waals surface area (Å²) in [7, 11) is 0. The van der Waals surface area contributed by atoms with Crippen LogP contribution >= 0.6 is 23.1 Å². The van der Waals surface area contributed by atoms with E-state index in [2.05, 4.69) is 27.4 Å². The number of allylic oxidation sites excluding steroid dienone is 1. The minimum Gasteiger partial charge on any atom is -0.460 e. The average Bonchev–Trinajstić information content (AvgIpc) is 3.79. The van der Waals surface area contributed by atoms with Crippen LogP contribution in [0, 0.1) is 0 Å². The second-order valence-electron chi connectivity index (χ2n) is 16.4. The molecule has 1 aromatic heterocycles. The topological polar surface area (TPSA) is 227 Å². The van der Waals surface area contributed by atoms with E-state index in [4.69, 9.17) is 29.5 Å². The maximum Gasteiger partial charge on any atom is 0.408 e. The number of nitrogen functional groups attached to an aromatic ring is 1. The molecule has 3 heterocycles. The Hall–Kier alpha value is -7.77. The fourth-order valence-corrected chi connectivity index (χ4v) is 9.00. The first-order valence-corrected chi connectivity index (χ1v) is 23.4. The number of amides is 3. The molecular weight excluding hydrogens is 925 g/mol. The Kier molecular flexibility index (Phi) is 15.9. The third kappa shape index (κ3) is 12.4. The number of β-lactam (4-membered cyclic amide) rings is 1. The molecule has 17 nitrogen and oxygen atoms in total. The molecule has 0 radical (unpaired) electrons. The van der Waals surface area contributed by atoms with Crippen molar-refractivity contribution in [3.63, 3.8) is 0 Å². The van der Waals surface area contributed by atoms with Crippen molar-refractivity contribution < 1.29 is 52.6 Å². The zero-order valence-electron chi connectivity index (χ0n) is 37.6. The van der Waals surface area contributed by atoms with Crippen molar-refractivity contribution in [3.05, 3.63) is 179 Å². The van der Waals surface area contributed by atoms with E-state index in [9.17, 15) is 28.8 Å². The molecule has 3 amide bonds. The van der Waals surface area contributed by atoms with Crippen LogP contribution in [0.15, 0.2) is 156 Å². The zero-order chi connectivity index (χ0) is 49.1. The second-order valence-corrected chi connectivity index (χ2v) is 18.3.